The number of hydrogen-bond acceptors (Lipinski definition) is 4. The van der Waals surface area contributed by atoms with Crippen molar-refractivity contribution in [2.75, 3.05) is 13.2 Å². The first kappa shape index (κ1) is 19.1. The van der Waals surface area contributed by atoms with Crippen molar-refractivity contribution >= 4 is 11.3 Å². The van der Waals surface area contributed by atoms with Gasteiger partial charge < -0.3 is 10.1 Å². The molecule has 0 unspecified atom stereocenters. The first-order valence-corrected chi connectivity index (χ1v) is 11.4. The summed E-state index contributed by atoms with van der Waals surface area (Å²) in [7, 11) is 0. The summed E-state index contributed by atoms with van der Waals surface area (Å²) in [5, 5.41) is 3.70. The fourth-order valence-corrected chi connectivity index (χ4v) is 5.97. The van der Waals surface area contributed by atoms with E-state index in [4.69, 9.17) is 9.72 Å². The normalized spacial score (nSPS) is 24.5. The highest BCUT2D eigenvalue weighted by atomic mass is 32.1. The number of thiophene rings is 1. The molecule has 1 aliphatic carbocycles. The lowest BCUT2D eigenvalue weighted by atomic mass is 9.68. The molecule has 2 aliphatic rings. The Morgan fingerprint density at radius 3 is 2.70 bits per heavy atom. The van der Waals surface area contributed by atoms with Crippen LogP contribution >= 0.6 is 11.3 Å². The van der Waals surface area contributed by atoms with Crippen LogP contribution in [0.3, 0.4) is 0 Å². The summed E-state index contributed by atoms with van der Waals surface area (Å²) in [5.74, 6) is 0. The van der Waals surface area contributed by atoms with E-state index in [0.717, 1.165) is 45.4 Å². The van der Waals surface area contributed by atoms with Crippen LogP contribution in [0.4, 0.5) is 0 Å². The molecule has 0 radical (unpaired) electrons. The van der Waals surface area contributed by atoms with Gasteiger partial charge in [-0.05, 0) is 69.3 Å². The zero-order valence-electron chi connectivity index (χ0n) is 16.5. The fourth-order valence-electron chi connectivity index (χ4n) is 5.04. The number of aromatic nitrogens is 1. The number of ether oxygens (including phenoxy) is 1. The van der Waals surface area contributed by atoms with Gasteiger partial charge in [-0.25, -0.2) is 0 Å². The molecule has 0 aromatic carbocycles. The van der Waals surface area contributed by atoms with Gasteiger partial charge in [0.15, 0.2) is 0 Å². The van der Waals surface area contributed by atoms with Crippen molar-refractivity contribution in [2.24, 2.45) is 0 Å². The van der Waals surface area contributed by atoms with Gasteiger partial charge in [-0.3, -0.25) is 4.98 Å². The van der Waals surface area contributed by atoms with Crippen molar-refractivity contribution in [2.45, 2.75) is 75.9 Å². The zero-order chi connectivity index (χ0) is 18.6. The van der Waals surface area contributed by atoms with Crippen LogP contribution in [0.2, 0.25) is 0 Å². The van der Waals surface area contributed by atoms with Crippen LogP contribution in [-0.4, -0.2) is 23.7 Å². The van der Waals surface area contributed by atoms with Crippen LogP contribution in [0.1, 0.15) is 67.3 Å². The van der Waals surface area contributed by atoms with Crippen molar-refractivity contribution in [1.82, 2.24) is 10.3 Å². The quantitative estimate of drug-likeness (QED) is 0.662. The Labute approximate surface area is 167 Å². The lowest BCUT2D eigenvalue weighted by Crippen LogP contribution is -2.47. The summed E-state index contributed by atoms with van der Waals surface area (Å²) >= 11 is 1.93. The highest BCUT2D eigenvalue weighted by molar-refractivity contribution is 7.11. The second kappa shape index (κ2) is 8.42. The molecule has 146 valence electrons. The topological polar surface area (TPSA) is 34.2 Å². The third kappa shape index (κ3) is 4.28. The molecule has 4 heteroatoms. The van der Waals surface area contributed by atoms with E-state index < -0.39 is 0 Å². The van der Waals surface area contributed by atoms with E-state index in [9.17, 15) is 0 Å². The predicted molar refractivity (Wildman–Crippen MR) is 112 cm³/mol. The van der Waals surface area contributed by atoms with Crippen molar-refractivity contribution in [3.63, 3.8) is 0 Å². The fraction of sp³-hybridized carbons (Fsp3) is 0.609. The second-order valence-corrected chi connectivity index (χ2v) is 9.56. The van der Waals surface area contributed by atoms with Crippen LogP contribution in [0.15, 0.2) is 36.5 Å². The van der Waals surface area contributed by atoms with Crippen LogP contribution in [0.25, 0.3) is 0 Å². The molecule has 0 amide bonds. The van der Waals surface area contributed by atoms with E-state index in [1.807, 2.05) is 23.6 Å². The third-order valence-corrected chi connectivity index (χ3v) is 7.75. The van der Waals surface area contributed by atoms with Gasteiger partial charge in [-0.2, -0.15) is 0 Å². The van der Waals surface area contributed by atoms with Gasteiger partial charge in [0.2, 0.25) is 0 Å². The summed E-state index contributed by atoms with van der Waals surface area (Å²) < 4.78 is 6.35. The molecule has 1 N–H and O–H groups in total. The van der Waals surface area contributed by atoms with Gasteiger partial charge in [-0.1, -0.05) is 25.8 Å². The molecule has 1 spiro atoms. The highest BCUT2D eigenvalue weighted by Crippen LogP contribution is 2.49. The predicted octanol–water partition coefficient (Wildman–Crippen LogP) is 5.25. The van der Waals surface area contributed by atoms with Crippen molar-refractivity contribution in [3.8, 4) is 0 Å². The Kier molecular flexibility index (Phi) is 5.96. The maximum absolute atomic E-state index is 6.35. The van der Waals surface area contributed by atoms with E-state index in [2.05, 4.69) is 36.5 Å². The summed E-state index contributed by atoms with van der Waals surface area (Å²) in [6.45, 7) is 5.11. The molecule has 1 aliphatic heterocycles. The van der Waals surface area contributed by atoms with Gasteiger partial charge in [0.25, 0.3) is 0 Å². The third-order valence-electron chi connectivity index (χ3n) is 6.52. The van der Waals surface area contributed by atoms with Crippen LogP contribution in [0, 0.1) is 0 Å². The molecule has 0 bridgehead atoms. The zero-order valence-corrected chi connectivity index (χ0v) is 17.3. The average molecular weight is 385 g/mol. The van der Waals surface area contributed by atoms with Crippen LogP contribution < -0.4 is 5.32 Å². The minimum Gasteiger partial charge on any atom is -0.375 e. The molecule has 2 aromatic heterocycles. The first-order valence-electron chi connectivity index (χ1n) is 10.6. The van der Waals surface area contributed by atoms with E-state index in [-0.39, 0.29) is 11.0 Å². The highest BCUT2D eigenvalue weighted by Gasteiger charge is 2.48. The molecule has 1 atom stereocenters. The maximum atomic E-state index is 6.35. The first-order chi connectivity index (χ1) is 13.2. The summed E-state index contributed by atoms with van der Waals surface area (Å²) in [6, 6.07) is 10.9. The molecule has 3 heterocycles. The van der Waals surface area contributed by atoms with E-state index in [0.29, 0.717) is 0 Å². The lowest BCUT2D eigenvalue weighted by Gasteiger charge is -2.46. The standard InChI is InChI=1S/C23H32N2OS/c1-2-19-8-9-20(27-19)17-24-15-12-22(21-7-3-6-14-25-21)13-16-26-23(18-22)10-4-5-11-23/h3,6-9,14,24H,2,4-5,10-13,15-18H2,1H3/t22-/m1/s1. The molecular formula is C23H32N2OS. The molecule has 2 aromatic rings. The Bertz CT molecular complexity index is 723. The lowest BCUT2D eigenvalue weighted by molar-refractivity contribution is -0.104. The molecule has 27 heavy (non-hydrogen) atoms. The van der Waals surface area contributed by atoms with Gasteiger partial charge in [0.05, 0.1) is 5.60 Å². The monoisotopic (exact) mass is 384 g/mol. The minimum atomic E-state index is 0.111. The summed E-state index contributed by atoms with van der Waals surface area (Å²) in [4.78, 5) is 7.72. The van der Waals surface area contributed by atoms with Crippen molar-refractivity contribution < 1.29 is 4.74 Å². The number of hydrogen-bond donors (Lipinski definition) is 1. The number of nitrogens with zero attached hydrogens (tertiary/aromatic N) is 1. The molecule has 4 rings (SSSR count). The molecule has 1 saturated carbocycles. The average Bonchev–Trinajstić information content (AvgIpc) is 3.36. The number of pyridine rings is 1. The van der Waals surface area contributed by atoms with Gasteiger partial charge >= 0.3 is 0 Å². The number of rotatable bonds is 7. The molecule has 3 nitrogen and oxygen atoms in total. The Balaban J connectivity index is 1.44. The van der Waals surface area contributed by atoms with Gasteiger partial charge in [0.1, 0.15) is 0 Å². The summed E-state index contributed by atoms with van der Waals surface area (Å²) in [6.07, 6.45) is 11.5. The maximum Gasteiger partial charge on any atom is 0.0691 e. The van der Waals surface area contributed by atoms with Crippen LogP contribution in [-0.2, 0) is 23.1 Å². The Morgan fingerprint density at radius 2 is 1.96 bits per heavy atom. The van der Waals surface area contributed by atoms with E-state index in [1.165, 1.54) is 41.1 Å². The second-order valence-electron chi connectivity index (χ2n) is 8.31. The van der Waals surface area contributed by atoms with Gasteiger partial charge in [0, 0.05) is 40.2 Å². The minimum absolute atomic E-state index is 0.111. The van der Waals surface area contributed by atoms with Crippen molar-refractivity contribution in [1.29, 1.82) is 0 Å². The number of nitrogens with one attached hydrogen (secondary N) is 1. The largest absolute Gasteiger partial charge is 0.375 e. The molecule has 1 saturated heterocycles. The summed E-state index contributed by atoms with van der Waals surface area (Å²) in [5.41, 5.74) is 1.53. The van der Waals surface area contributed by atoms with E-state index in [1.54, 1.807) is 0 Å². The van der Waals surface area contributed by atoms with E-state index >= 15 is 0 Å². The SMILES string of the molecule is CCc1ccc(CNCC[C@@]2(c3ccccn3)CCOC3(CCCC3)C2)s1. The Hall–Kier alpha value is -1.23. The molecule has 2 fully saturated rings. The molecular weight excluding hydrogens is 352 g/mol. The smallest absolute Gasteiger partial charge is 0.0691 e. The van der Waals surface area contributed by atoms with Crippen LogP contribution in [0.5, 0.6) is 0 Å². The van der Waals surface area contributed by atoms with Crippen molar-refractivity contribution in [3.05, 3.63) is 52.0 Å². The Morgan fingerprint density at radius 1 is 1.11 bits per heavy atom. The number of aryl methyl sites for hydroxylation is 1. The van der Waals surface area contributed by atoms with Gasteiger partial charge in [-0.15, -0.1) is 11.3 Å².